The molecule has 0 spiro atoms. The van der Waals surface area contributed by atoms with Crippen molar-refractivity contribution in [2.75, 3.05) is 12.0 Å². The van der Waals surface area contributed by atoms with Gasteiger partial charge in [-0.3, -0.25) is 9.69 Å². The number of para-hydroxylation sites is 1. The second kappa shape index (κ2) is 6.51. The molecule has 0 saturated carbocycles. The second-order valence-corrected chi connectivity index (χ2v) is 5.80. The van der Waals surface area contributed by atoms with Gasteiger partial charge in [0.25, 0.3) is 5.91 Å². The summed E-state index contributed by atoms with van der Waals surface area (Å²) in [6.45, 7) is 0. The van der Waals surface area contributed by atoms with E-state index in [1.807, 2.05) is 0 Å². The van der Waals surface area contributed by atoms with Gasteiger partial charge >= 0.3 is 0 Å². The number of ether oxygens (including phenoxy) is 1. The SMILES string of the molecule is COc1ccc(O)c(/C=C2\NC(=S)N(c3ccccc3Cl)C2=O)c1. The van der Waals surface area contributed by atoms with Gasteiger partial charge in [0, 0.05) is 5.56 Å². The third-order valence-electron chi connectivity index (χ3n) is 3.51. The molecule has 7 heteroatoms. The largest absolute Gasteiger partial charge is 0.507 e. The van der Waals surface area contributed by atoms with Gasteiger partial charge in [-0.25, -0.2) is 0 Å². The number of nitrogens with one attached hydrogen (secondary N) is 1. The van der Waals surface area contributed by atoms with Crippen LogP contribution in [0.4, 0.5) is 5.69 Å². The number of benzene rings is 2. The summed E-state index contributed by atoms with van der Waals surface area (Å²) in [5.41, 5.74) is 1.18. The Balaban J connectivity index is 1.99. The Hall–Kier alpha value is -2.57. The molecule has 0 bridgehead atoms. The van der Waals surface area contributed by atoms with Crippen LogP contribution in [0.25, 0.3) is 6.08 Å². The number of phenols is 1. The molecule has 0 aliphatic carbocycles. The number of thiocarbonyl (C=S) groups is 1. The van der Waals surface area contributed by atoms with Gasteiger partial charge in [-0.15, -0.1) is 0 Å². The first-order chi connectivity index (χ1) is 11.5. The van der Waals surface area contributed by atoms with Crippen molar-refractivity contribution in [3.8, 4) is 11.5 Å². The van der Waals surface area contributed by atoms with Crippen LogP contribution in [0.1, 0.15) is 5.56 Å². The molecule has 3 rings (SSSR count). The summed E-state index contributed by atoms with van der Waals surface area (Å²) in [5.74, 6) is 0.242. The van der Waals surface area contributed by atoms with Crippen molar-refractivity contribution in [3.63, 3.8) is 0 Å². The number of hydrogen-bond donors (Lipinski definition) is 2. The Bertz CT molecular complexity index is 867. The Labute approximate surface area is 149 Å². The van der Waals surface area contributed by atoms with Crippen LogP contribution < -0.4 is 15.0 Å². The maximum atomic E-state index is 12.7. The van der Waals surface area contributed by atoms with E-state index in [1.165, 1.54) is 24.2 Å². The first kappa shape index (κ1) is 16.3. The number of nitrogens with zero attached hydrogens (tertiary/aromatic N) is 1. The lowest BCUT2D eigenvalue weighted by Gasteiger charge is -2.15. The minimum absolute atomic E-state index is 0.0278. The van der Waals surface area contributed by atoms with Crippen molar-refractivity contribution < 1.29 is 14.6 Å². The van der Waals surface area contributed by atoms with Crippen molar-refractivity contribution >= 4 is 46.6 Å². The lowest BCUT2D eigenvalue weighted by Crippen LogP contribution is -2.30. The third-order valence-corrected chi connectivity index (χ3v) is 4.11. The molecule has 1 heterocycles. The number of carbonyl (C=O) groups is 1. The van der Waals surface area contributed by atoms with Crippen molar-refractivity contribution in [1.29, 1.82) is 0 Å². The molecule has 24 heavy (non-hydrogen) atoms. The van der Waals surface area contributed by atoms with E-state index in [1.54, 1.807) is 36.4 Å². The smallest absolute Gasteiger partial charge is 0.281 e. The fraction of sp³-hybridized carbons (Fsp3) is 0.0588. The van der Waals surface area contributed by atoms with E-state index < -0.39 is 0 Å². The second-order valence-electron chi connectivity index (χ2n) is 5.00. The monoisotopic (exact) mass is 360 g/mol. The Morgan fingerprint density at radius 1 is 1.29 bits per heavy atom. The number of phenolic OH excluding ortho intramolecular Hbond substituents is 1. The minimum atomic E-state index is -0.352. The fourth-order valence-electron chi connectivity index (χ4n) is 2.32. The van der Waals surface area contributed by atoms with Crippen LogP contribution in [0.15, 0.2) is 48.2 Å². The predicted molar refractivity (Wildman–Crippen MR) is 97.3 cm³/mol. The number of amides is 1. The molecular formula is C17H13ClN2O3S. The van der Waals surface area contributed by atoms with Gasteiger partial charge in [-0.2, -0.15) is 0 Å². The zero-order chi connectivity index (χ0) is 17.3. The normalized spacial score (nSPS) is 15.8. The maximum absolute atomic E-state index is 12.7. The molecule has 2 N–H and O–H groups in total. The molecule has 1 amide bonds. The predicted octanol–water partition coefficient (Wildman–Crippen LogP) is 3.32. The standard InChI is InChI=1S/C17H13ClN2O3S/c1-23-11-6-7-15(21)10(8-11)9-13-16(22)20(17(24)19-13)14-5-3-2-4-12(14)18/h2-9,21H,1H3,(H,19,24)/b13-9-. The molecule has 0 unspecified atom stereocenters. The molecule has 0 atom stereocenters. The number of rotatable bonds is 3. The fourth-order valence-corrected chi connectivity index (χ4v) is 2.83. The molecule has 0 radical (unpaired) electrons. The number of aromatic hydroxyl groups is 1. The van der Waals surface area contributed by atoms with E-state index in [-0.39, 0.29) is 22.5 Å². The first-order valence-electron chi connectivity index (χ1n) is 7.00. The molecule has 1 aliphatic heterocycles. The summed E-state index contributed by atoms with van der Waals surface area (Å²) in [5, 5.41) is 13.5. The van der Waals surface area contributed by atoms with Crippen molar-refractivity contribution in [1.82, 2.24) is 5.32 Å². The molecule has 5 nitrogen and oxygen atoms in total. The number of methoxy groups -OCH3 is 1. The average molecular weight is 361 g/mol. The van der Waals surface area contributed by atoms with Gasteiger partial charge in [-0.05, 0) is 48.6 Å². The highest BCUT2D eigenvalue weighted by molar-refractivity contribution is 7.80. The van der Waals surface area contributed by atoms with Crippen LogP contribution in [-0.2, 0) is 4.79 Å². The zero-order valence-electron chi connectivity index (χ0n) is 12.6. The van der Waals surface area contributed by atoms with E-state index in [9.17, 15) is 9.90 Å². The molecule has 1 aliphatic rings. The van der Waals surface area contributed by atoms with Gasteiger partial charge in [0.15, 0.2) is 5.11 Å². The topological polar surface area (TPSA) is 61.8 Å². The summed E-state index contributed by atoms with van der Waals surface area (Å²) < 4.78 is 5.13. The highest BCUT2D eigenvalue weighted by atomic mass is 35.5. The molecule has 122 valence electrons. The lowest BCUT2D eigenvalue weighted by molar-refractivity contribution is -0.113. The van der Waals surface area contributed by atoms with E-state index >= 15 is 0 Å². The van der Waals surface area contributed by atoms with E-state index in [4.69, 9.17) is 28.6 Å². The zero-order valence-corrected chi connectivity index (χ0v) is 14.2. The summed E-state index contributed by atoms with van der Waals surface area (Å²) >= 11 is 11.4. The summed E-state index contributed by atoms with van der Waals surface area (Å²) in [6, 6.07) is 11.7. The number of carbonyl (C=O) groups excluding carboxylic acids is 1. The van der Waals surface area contributed by atoms with Crippen LogP contribution >= 0.6 is 23.8 Å². The van der Waals surface area contributed by atoms with E-state index in [0.29, 0.717) is 22.0 Å². The van der Waals surface area contributed by atoms with Crippen molar-refractivity contribution in [3.05, 3.63) is 58.7 Å². The number of hydrogen-bond acceptors (Lipinski definition) is 4. The Kier molecular flexibility index (Phi) is 4.42. The summed E-state index contributed by atoms with van der Waals surface area (Å²) in [6.07, 6.45) is 1.52. The van der Waals surface area contributed by atoms with Gasteiger partial charge < -0.3 is 15.2 Å². The molecule has 1 fully saturated rings. The minimum Gasteiger partial charge on any atom is -0.507 e. The van der Waals surface area contributed by atoms with Gasteiger partial charge in [0.2, 0.25) is 0 Å². The van der Waals surface area contributed by atoms with Crippen LogP contribution in [0, 0.1) is 0 Å². The molecule has 1 saturated heterocycles. The summed E-state index contributed by atoms with van der Waals surface area (Å²) in [4.78, 5) is 14.0. The van der Waals surface area contributed by atoms with Crippen LogP contribution in [0.3, 0.4) is 0 Å². The average Bonchev–Trinajstić information content (AvgIpc) is 2.84. The highest BCUT2D eigenvalue weighted by Gasteiger charge is 2.33. The maximum Gasteiger partial charge on any atom is 0.281 e. The van der Waals surface area contributed by atoms with Gasteiger partial charge in [0.1, 0.15) is 17.2 Å². The van der Waals surface area contributed by atoms with Crippen molar-refractivity contribution in [2.45, 2.75) is 0 Å². The molecule has 0 aromatic heterocycles. The van der Waals surface area contributed by atoms with E-state index in [0.717, 1.165) is 0 Å². The van der Waals surface area contributed by atoms with Crippen LogP contribution in [-0.4, -0.2) is 23.2 Å². The first-order valence-corrected chi connectivity index (χ1v) is 7.78. The Morgan fingerprint density at radius 3 is 2.75 bits per heavy atom. The van der Waals surface area contributed by atoms with E-state index in [2.05, 4.69) is 5.32 Å². The highest BCUT2D eigenvalue weighted by Crippen LogP contribution is 2.31. The third kappa shape index (κ3) is 2.93. The number of halogens is 1. The van der Waals surface area contributed by atoms with Crippen LogP contribution in [0.2, 0.25) is 5.02 Å². The summed E-state index contributed by atoms with van der Waals surface area (Å²) in [7, 11) is 1.52. The number of anilines is 1. The van der Waals surface area contributed by atoms with Gasteiger partial charge in [-0.1, -0.05) is 23.7 Å². The molecular weight excluding hydrogens is 348 g/mol. The van der Waals surface area contributed by atoms with Crippen molar-refractivity contribution in [2.24, 2.45) is 0 Å². The molecule has 2 aromatic rings. The quantitative estimate of drug-likeness (QED) is 0.649. The van der Waals surface area contributed by atoms with Crippen LogP contribution in [0.5, 0.6) is 11.5 Å². The Morgan fingerprint density at radius 2 is 2.04 bits per heavy atom. The van der Waals surface area contributed by atoms with Gasteiger partial charge in [0.05, 0.1) is 17.8 Å². The molecule has 2 aromatic carbocycles. The lowest BCUT2D eigenvalue weighted by atomic mass is 10.1.